The van der Waals surface area contributed by atoms with Gasteiger partial charge in [0.2, 0.25) is 0 Å². The fraction of sp³-hybridized carbons (Fsp3) is 0.353. The molecule has 1 aromatic carbocycles. The Labute approximate surface area is 140 Å². The minimum absolute atomic E-state index is 0.156. The number of amides is 2. The SMILES string of the molecule is COCc1cccc(CNC(=O)NC[C@](C)(O)c2cccs2)c1. The summed E-state index contributed by atoms with van der Waals surface area (Å²) >= 11 is 1.46. The van der Waals surface area contributed by atoms with E-state index in [0.29, 0.717) is 13.2 Å². The molecule has 0 spiro atoms. The van der Waals surface area contributed by atoms with Gasteiger partial charge in [0.15, 0.2) is 0 Å². The highest BCUT2D eigenvalue weighted by atomic mass is 32.1. The second-order valence-electron chi connectivity index (χ2n) is 5.54. The van der Waals surface area contributed by atoms with E-state index in [1.807, 2.05) is 41.8 Å². The van der Waals surface area contributed by atoms with Crippen LogP contribution in [0.15, 0.2) is 41.8 Å². The molecular formula is C17H22N2O3S. The third-order valence-electron chi connectivity index (χ3n) is 3.40. The van der Waals surface area contributed by atoms with E-state index in [2.05, 4.69) is 10.6 Å². The molecule has 3 N–H and O–H groups in total. The first-order valence-electron chi connectivity index (χ1n) is 7.36. The minimum atomic E-state index is -1.07. The van der Waals surface area contributed by atoms with Crippen molar-refractivity contribution in [2.45, 2.75) is 25.7 Å². The first-order valence-corrected chi connectivity index (χ1v) is 8.24. The van der Waals surface area contributed by atoms with Gasteiger partial charge in [0.25, 0.3) is 0 Å². The Bertz CT molecular complexity index is 627. The molecule has 0 radical (unpaired) electrons. The van der Waals surface area contributed by atoms with Crippen molar-refractivity contribution >= 4 is 17.4 Å². The van der Waals surface area contributed by atoms with Crippen LogP contribution < -0.4 is 10.6 Å². The molecule has 0 saturated carbocycles. The number of hydrogen-bond acceptors (Lipinski definition) is 4. The Morgan fingerprint density at radius 3 is 2.74 bits per heavy atom. The smallest absolute Gasteiger partial charge is 0.315 e. The molecule has 124 valence electrons. The molecule has 6 heteroatoms. The highest BCUT2D eigenvalue weighted by molar-refractivity contribution is 7.10. The Morgan fingerprint density at radius 2 is 2.04 bits per heavy atom. The lowest BCUT2D eigenvalue weighted by molar-refractivity contribution is 0.0631. The molecule has 23 heavy (non-hydrogen) atoms. The number of aliphatic hydroxyl groups is 1. The number of hydrogen-bond donors (Lipinski definition) is 3. The lowest BCUT2D eigenvalue weighted by Crippen LogP contribution is -2.42. The molecule has 0 aliphatic rings. The number of benzene rings is 1. The molecule has 0 saturated heterocycles. The van der Waals surface area contributed by atoms with E-state index >= 15 is 0 Å². The summed E-state index contributed by atoms with van der Waals surface area (Å²) in [7, 11) is 1.65. The van der Waals surface area contributed by atoms with E-state index in [1.165, 1.54) is 11.3 Å². The summed E-state index contributed by atoms with van der Waals surface area (Å²) in [6.45, 7) is 2.81. The Hall–Kier alpha value is -1.89. The summed E-state index contributed by atoms with van der Waals surface area (Å²) in [4.78, 5) is 12.7. The number of carbonyl (C=O) groups excluding carboxylic acids is 1. The number of carbonyl (C=O) groups is 1. The topological polar surface area (TPSA) is 70.6 Å². The minimum Gasteiger partial charge on any atom is -0.383 e. The summed E-state index contributed by atoms with van der Waals surface area (Å²) in [6.07, 6.45) is 0. The zero-order valence-corrected chi connectivity index (χ0v) is 14.2. The number of rotatable bonds is 7. The standard InChI is InChI=1S/C17H22N2O3S/c1-17(21,15-7-4-8-23-15)12-19-16(20)18-10-13-5-3-6-14(9-13)11-22-2/h3-9,21H,10-12H2,1-2H3,(H2,18,19,20)/t17-/m0/s1. The van der Waals surface area contributed by atoms with Crippen molar-refractivity contribution in [3.05, 3.63) is 57.8 Å². The van der Waals surface area contributed by atoms with Crippen molar-refractivity contribution in [3.8, 4) is 0 Å². The predicted octanol–water partition coefficient (Wildman–Crippen LogP) is 2.60. The maximum absolute atomic E-state index is 11.9. The van der Waals surface area contributed by atoms with Crippen LogP contribution in [0.4, 0.5) is 4.79 Å². The number of ether oxygens (including phenoxy) is 1. The van der Waals surface area contributed by atoms with Crippen LogP contribution in [0.1, 0.15) is 22.9 Å². The summed E-state index contributed by atoms with van der Waals surface area (Å²) in [5.74, 6) is 0. The van der Waals surface area contributed by atoms with Crippen molar-refractivity contribution in [2.24, 2.45) is 0 Å². The van der Waals surface area contributed by atoms with Gasteiger partial charge in [0.05, 0.1) is 13.2 Å². The van der Waals surface area contributed by atoms with E-state index in [9.17, 15) is 9.90 Å². The highest BCUT2D eigenvalue weighted by Gasteiger charge is 2.24. The molecule has 1 atom stereocenters. The van der Waals surface area contributed by atoms with Crippen LogP contribution in [0.5, 0.6) is 0 Å². The summed E-state index contributed by atoms with van der Waals surface area (Å²) in [5, 5.41) is 17.7. The van der Waals surface area contributed by atoms with E-state index < -0.39 is 5.60 Å². The number of urea groups is 1. The van der Waals surface area contributed by atoms with Gasteiger partial charge >= 0.3 is 6.03 Å². The molecular weight excluding hydrogens is 312 g/mol. The second-order valence-corrected chi connectivity index (χ2v) is 6.49. The third kappa shape index (κ3) is 5.35. The fourth-order valence-corrected chi connectivity index (χ4v) is 2.95. The molecule has 5 nitrogen and oxygen atoms in total. The first-order chi connectivity index (χ1) is 11.0. The van der Waals surface area contributed by atoms with Crippen molar-refractivity contribution in [1.82, 2.24) is 10.6 Å². The molecule has 0 unspecified atom stereocenters. The quantitative estimate of drug-likeness (QED) is 0.729. The largest absolute Gasteiger partial charge is 0.383 e. The van der Waals surface area contributed by atoms with Gasteiger partial charge in [-0.25, -0.2) is 4.79 Å². The van der Waals surface area contributed by atoms with Crippen LogP contribution in [0.3, 0.4) is 0 Å². The van der Waals surface area contributed by atoms with Crippen molar-refractivity contribution in [1.29, 1.82) is 0 Å². The summed E-state index contributed by atoms with van der Waals surface area (Å²) < 4.78 is 5.09. The first kappa shape index (κ1) is 17.5. The van der Waals surface area contributed by atoms with Gasteiger partial charge < -0.3 is 20.5 Å². The van der Waals surface area contributed by atoms with Crippen LogP contribution in [0.2, 0.25) is 0 Å². The van der Waals surface area contributed by atoms with Crippen LogP contribution in [0.25, 0.3) is 0 Å². The zero-order valence-electron chi connectivity index (χ0n) is 13.3. The number of thiophene rings is 1. The molecule has 2 amide bonds. The molecule has 0 bridgehead atoms. The predicted molar refractivity (Wildman–Crippen MR) is 91.3 cm³/mol. The van der Waals surface area contributed by atoms with Gasteiger partial charge in [-0.15, -0.1) is 11.3 Å². The second kappa shape index (κ2) is 8.10. The molecule has 1 heterocycles. The molecule has 0 aliphatic heterocycles. The maximum atomic E-state index is 11.9. The van der Waals surface area contributed by atoms with Crippen LogP contribution >= 0.6 is 11.3 Å². The van der Waals surface area contributed by atoms with Gasteiger partial charge in [-0.2, -0.15) is 0 Å². The lowest BCUT2D eigenvalue weighted by Gasteiger charge is -2.22. The van der Waals surface area contributed by atoms with E-state index in [4.69, 9.17) is 4.74 Å². The van der Waals surface area contributed by atoms with Crippen molar-refractivity contribution < 1.29 is 14.6 Å². The van der Waals surface area contributed by atoms with E-state index in [-0.39, 0.29) is 12.6 Å². The average Bonchev–Trinajstić information content (AvgIpc) is 3.07. The van der Waals surface area contributed by atoms with Crippen LogP contribution in [-0.4, -0.2) is 24.8 Å². The third-order valence-corrected chi connectivity index (χ3v) is 4.52. The van der Waals surface area contributed by atoms with Gasteiger partial charge in [0, 0.05) is 18.5 Å². The molecule has 1 aromatic heterocycles. The van der Waals surface area contributed by atoms with Crippen molar-refractivity contribution in [3.63, 3.8) is 0 Å². The van der Waals surface area contributed by atoms with E-state index in [0.717, 1.165) is 16.0 Å². The van der Waals surface area contributed by atoms with Gasteiger partial charge in [-0.3, -0.25) is 0 Å². The van der Waals surface area contributed by atoms with Crippen LogP contribution in [0, 0.1) is 0 Å². The Morgan fingerprint density at radius 1 is 1.26 bits per heavy atom. The number of methoxy groups -OCH3 is 1. The summed E-state index contributed by atoms with van der Waals surface area (Å²) in [6, 6.07) is 11.3. The van der Waals surface area contributed by atoms with Gasteiger partial charge in [0.1, 0.15) is 5.60 Å². The fourth-order valence-electron chi connectivity index (χ4n) is 2.17. The monoisotopic (exact) mass is 334 g/mol. The molecule has 2 rings (SSSR count). The number of nitrogens with one attached hydrogen (secondary N) is 2. The Kier molecular flexibility index (Phi) is 6.15. The highest BCUT2D eigenvalue weighted by Crippen LogP contribution is 2.24. The molecule has 0 aliphatic carbocycles. The van der Waals surface area contributed by atoms with Gasteiger partial charge in [-0.1, -0.05) is 30.3 Å². The molecule has 2 aromatic rings. The van der Waals surface area contributed by atoms with E-state index in [1.54, 1.807) is 14.0 Å². The van der Waals surface area contributed by atoms with Gasteiger partial charge in [-0.05, 0) is 29.5 Å². The molecule has 0 fully saturated rings. The average molecular weight is 334 g/mol. The zero-order chi connectivity index (χ0) is 16.7. The lowest BCUT2D eigenvalue weighted by atomic mass is 10.1. The van der Waals surface area contributed by atoms with Crippen LogP contribution in [-0.2, 0) is 23.5 Å². The Balaban J connectivity index is 1.80. The maximum Gasteiger partial charge on any atom is 0.315 e. The van der Waals surface area contributed by atoms with Crippen molar-refractivity contribution in [2.75, 3.05) is 13.7 Å². The normalized spacial score (nSPS) is 13.3. The summed E-state index contributed by atoms with van der Waals surface area (Å²) in [5.41, 5.74) is 0.997.